The normalized spacial score (nSPS) is 8.33. The molecule has 0 radical (unpaired) electrons. The molecule has 0 unspecified atom stereocenters. The highest BCUT2D eigenvalue weighted by molar-refractivity contribution is 5.45. The van der Waals surface area contributed by atoms with E-state index in [4.69, 9.17) is 0 Å². The van der Waals surface area contributed by atoms with Gasteiger partial charge in [0.15, 0.2) is 0 Å². The third kappa shape index (κ3) is 2.82. The lowest BCUT2D eigenvalue weighted by molar-refractivity contribution is 0.577. The number of nitrogens with zero attached hydrogens (tertiary/aromatic N) is 1. The molecule has 1 nitrogen and oxygen atoms in total. The quantitative estimate of drug-likeness (QED) is 0.585. The number of hydrogen-bond donors (Lipinski definition) is 0. The van der Waals surface area contributed by atoms with Gasteiger partial charge < -0.3 is 0 Å². The Balaban J connectivity index is 0.000000561. The largest absolute Gasteiger partial charge is 0.225 e. The van der Waals surface area contributed by atoms with Gasteiger partial charge in [-0.2, -0.15) is 4.39 Å². The Morgan fingerprint density at radius 1 is 1.42 bits per heavy atom. The number of hydrogen-bond acceptors (Lipinski definition) is 1. The molecule has 0 saturated carbocycles. The van der Waals surface area contributed by atoms with Gasteiger partial charge in [0, 0.05) is 11.3 Å². The van der Waals surface area contributed by atoms with Gasteiger partial charge in [0.05, 0.1) is 0 Å². The predicted octanol–water partition coefficient (Wildman–Crippen LogP) is 3.20. The molecule has 1 heterocycles. The van der Waals surface area contributed by atoms with Gasteiger partial charge in [0.1, 0.15) is 0 Å². The summed E-state index contributed by atoms with van der Waals surface area (Å²) in [5.41, 5.74) is 1.13. The van der Waals surface area contributed by atoms with E-state index in [2.05, 4.69) is 11.6 Å². The van der Waals surface area contributed by atoms with Gasteiger partial charge in [-0.05, 0) is 19.1 Å². The molecule has 0 aliphatic rings. The smallest absolute Gasteiger partial charge is 0.220 e. The monoisotopic (exact) mass is 167 g/mol. The van der Waals surface area contributed by atoms with E-state index < -0.39 is 5.95 Å². The van der Waals surface area contributed by atoms with Crippen molar-refractivity contribution in [1.29, 1.82) is 0 Å². The first-order valence-electron chi connectivity index (χ1n) is 3.99. The SMILES string of the molecule is C=Cc1ccc(C)nc1F.CC. The molecule has 0 amide bonds. The lowest BCUT2D eigenvalue weighted by Crippen LogP contribution is -1.89. The van der Waals surface area contributed by atoms with Gasteiger partial charge >= 0.3 is 0 Å². The summed E-state index contributed by atoms with van der Waals surface area (Å²) in [6.07, 6.45) is 1.45. The lowest BCUT2D eigenvalue weighted by atomic mass is 10.2. The summed E-state index contributed by atoms with van der Waals surface area (Å²) in [4.78, 5) is 3.61. The van der Waals surface area contributed by atoms with Crippen LogP contribution in [-0.2, 0) is 0 Å². The van der Waals surface area contributed by atoms with Crippen molar-refractivity contribution in [2.24, 2.45) is 0 Å². The molecule has 0 spiro atoms. The van der Waals surface area contributed by atoms with Gasteiger partial charge in [-0.3, -0.25) is 0 Å². The lowest BCUT2D eigenvalue weighted by Gasteiger charge is -1.94. The zero-order valence-corrected chi connectivity index (χ0v) is 7.76. The van der Waals surface area contributed by atoms with Gasteiger partial charge in [-0.25, -0.2) is 4.98 Å². The molecule has 0 N–H and O–H groups in total. The molecule has 0 saturated heterocycles. The summed E-state index contributed by atoms with van der Waals surface area (Å²) >= 11 is 0. The first kappa shape index (κ1) is 10.8. The number of pyridine rings is 1. The maximum absolute atomic E-state index is 12.7. The van der Waals surface area contributed by atoms with Crippen molar-refractivity contribution in [1.82, 2.24) is 4.98 Å². The molecule has 12 heavy (non-hydrogen) atoms. The highest BCUT2D eigenvalue weighted by Crippen LogP contribution is 2.05. The van der Waals surface area contributed by atoms with Crippen LogP contribution >= 0.6 is 0 Å². The first-order valence-corrected chi connectivity index (χ1v) is 3.99. The van der Waals surface area contributed by atoms with Crippen LogP contribution in [0.2, 0.25) is 0 Å². The molecule has 0 aliphatic heterocycles. The Hall–Kier alpha value is -1.18. The Kier molecular flexibility index (Phi) is 4.93. The Morgan fingerprint density at radius 2 is 2.00 bits per heavy atom. The fourth-order valence-corrected chi connectivity index (χ4v) is 0.688. The summed E-state index contributed by atoms with van der Waals surface area (Å²) in [5.74, 6) is -0.449. The van der Waals surface area contributed by atoms with Gasteiger partial charge in [-0.1, -0.05) is 26.5 Å². The molecule has 0 atom stereocenters. The Labute approximate surface area is 73.0 Å². The van der Waals surface area contributed by atoms with Crippen LogP contribution in [0.4, 0.5) is 4.39 Å². The molecular weight excluding hydrogens is 153 g/mol. The second kappa shape index (κ2) is 5.47. The zero-order chi connectivity index (χ0) is 9.56. The fraction of sp³-hybridized carbons (Fsp3) is 0.300. The van der Waals surface area contributed by atoms with Gasteiger partial charge in [0.2, 0.25) is 5.95 Å². The number of rotatable bonds is 1. The van der Waals surface area contributed by atoms with E-state index in [0.717, 1.165) is 0 Å². The van der Waals surface area contributed by atoms with Crippen LogP contribution in [0.15, 0.2) is 18.7 Å². The van der Waals surface area contributed by atoms with E-state index in [1.807, 2.05) is 13.8 Å². The minimum atomic E-state index is -0.449. The molecule has 2 heteroatoms. The average Bonchev–Trinajstić information content (AvgIpc) is 2.08. The van der Waals surface area contributed by atoms with Crippen LogP contribution in [0.25, 0.3) is 6.08 Å². The summed E-state index contributed by atoms with van der Waals surface area (Å²) in [6, 6.07) is 3.41. The van der Waals surface area contributed by atoms with Gasteiger partial charge in [-0.15, -0.1) is 0 Å². The van der Waals surface area contributed by atoms with Crippen LogP contribution < -0.4 is 0 Å². The summed E-state index contributed by atoms with van der Waals surface area (Å²) < 4.78 is 12.7. The molecule has 66 valence electrons. The maximum Gasteiger partial charge on any atom is 0.220 e. The molecule has 0 aromatic carbocycles. The topological polar surface area (TPSA) is 12.9 Å². The molecule has 1 aromatic heterocycles. The Bertz CT molecular complexity index is 256. The second-order valence-electron chi connectivity index (χ2n) is 2.04. The van der Waals surface area contributed by atoms with E-state index in [1.165, 1.54) is 6.08 Å². The first-order chi connectivity index (χ1) is 5.74. The summed E-state index contributed by atoms with van der Waals surface area (Å²) in [7, 11) is 0. The molecule has 0 fully saturated rings. The van der Waals surface area contributed by atoms with Crippen LogP contribution in [0, 0.1) is 12.9 Å². The summed E-state index contributed by atoms with van der Waals surface area (Å²) in [6.45, 7) is 9.19. The van der Waals surface area contributed by atoms with Crippen molar-refractivity contribution in [3.8, 4) is 0 Å². The Morgan fingerprint density at radius 3 is 2.42 bits per heavy atom. The van der Waals surface area contributed by atoms with Crippen molar-refractivity contribution in [2.75, 3.05) is 0 Å². The van der Waals surface area contributed by atoms with Crippen molar-refractivity contribution in [3.63, 3.8) is 0 Å². The van der Waals surface area contributed by atoms with Crippen molar-refractivity contribution in [3.05, 3.63) is 35.9 Å². The zero-order valence-electron chi connectivity index (χ0n) is 7.76. The molecular formula is C10H14FN. The van der Waals surface area contributed by atoms with E-state index in [1.54, 1.807) is 19.1 Å². The standard InChI is InChI=1S/C8H8FN.C2H6/c1-3-7-5-4-6(2)10-8(7)9;1-2/h3-5H,1H2,2H3;1-2H3. The molecule has 1 aromatic rings. The average molecular weight is 167 g/mol. The number of aryl methyl sites for hydroxylation is 1. The third-order valence-corrected chi connectivity index (χ3v) is 1.24. The van der Waals surface area contributed by atoms with Crippen LogP contribution in [0.1, 0.15) is 25.1 Å². The van der Waals surface area contributed by atoms with Crippen LogP contribution in [-0.4, -0.2) is 4.98 Å². The third-order valence-electron chi connectivity index (χ3n) is 1.24. The van der Waals surface area contributed by atoms with Gasteiger partial charge in [0.25, 0.3) is 0 Å². The van der Waals surface area contributed by atoms with Crippen molar-refractivity contribution < 1.29 is 4.39 Å². The fourth-order valence-electron chi connectivity index (χ4n) is 0.688. The summed E-state index contributed by atoms with van der Waals surface area (Å²) in [5, 5.41) is 0. The van der Waals surface area contributed by atoms with E-state index in [0.29, 0.717) is 11.3 Å². The molecule has 0 aliphatic carbocycles. The van der Waals surface area contributed by atoms with Crippen LogP contribution in [0.5, 0.6) is 0 Å². The van der Waals surface area contributed by atoms with Crippen molar-refractivity contribution >= 4 is 6.08 Å². The predicted molar refractivity (Wildman–Crippen MR) is 50.4 cm³/mol. The second-order valence-corrected chi connectivity index (χ2v) is 2.04. The highest BCUT2D eigenvalue weighted by atomic mass is 19.1. The minimum Gasteiger partial charge on any atom is -0.225 e. The van der Waals surface area contributed by atoms with E-state index in [-0.39, 0.29) is 0 Å². The highest BCUT2D eigenvalue weighted by Gasteiger charge is 1.97. The molecule has 1 rings (SSSR count). The van der Waals surface area contributed by atoms with E-state index in [9.17, 15) is 4.39 Å². The molecule has 0 bridgehead atoms. The number of halogens is 1. The van der Waals surface area contributed by atoms with Crippen molar-refractivity contribution in [2.45, 2.75) is 20.8 Å². The number of aromatic nitrogens is 1. The van der Waals surface area contributed by atoms with E-state index >= 15 is 0 Å². The maximum atomic E-state index is 12.7. The minimum absolute atomic E-state index is 0.449. The van der Waals surface area contributed by atoms with Crippen LogP contribution in [0.3, 0.4) is 0 Å².